The lowest BCUT2D eigenvalue weighted by Gasteiger charge is -2.25. The van der Waals surface area contributed by atoms with Crippen LogP contribution in [0.25, 0.3) is 5.82 Å². The number of nitriles is 1. The predicted octanol–water partition coefficient (Wildman–Crippen LogP) is 2.40. The maximum absolute atomic E-state index is 9.34. The van der Waals surface area contributed by atoms with Crippen LogP contribution in [0.4, 0.5) is 5.95 Å². The lowest BCUT2D eigenvalue weighted by atomic mass is 9.98. The van der Waals surface area contributed by atoms with E-state index in [1.54, 1.807) is 18.2 Å². The molecule has 1 aliphatic heterocycles. The lowest BCUT2D eigenvalue weighted by molar-refractivity contribution is 0.795. The Morgan fingerprint density at radius 2 is 2.20 bits per heavy atom. The van der Waals surface area contributed by atoms with E-state index in [1.807, 2.05) is 0 Å². The molecular formula is C12H8Cl2N6. The van der Waals surface area contributed by atoms with Gasteiger partial charge >= 0.3 is 0 Å². The minimum absolute atomic E-state index is 0.231. The van der Waals surface area contributed by atoms with E-state index < -0.39 is 6.04 Å². The summed E-state index contributed by atoms with van der Waals surface area (Å²) in [6.07, 6.45) is 1.36. The van der Waals surface area contributed by atoms with Crippen molar-refractivity contribution in [3.8, 4) is 6.07 Å². The summed E-state index contributed by atoms with van der Waals surface area (Å²) < 4.78 is 1.37. The summed E-state index contributed by atoms with van der Waals surface area (Å²) in [5.41, 5.74) is 6.99. The van der Waals surface area contributed by atoms with E-state index in [0.717, 1.165) is 0 Å². The van der Waals surface area contributed by atoms with E-state index in [-0.39, 0.29) is 5.82 Å². The van der Waals surface area contributed by atoms with Gasteiger partial charge in [0.05, 0.1) is 11.6 Å². The van der Waals surface area contributed by atoms with Gasteiger partial charge in [-0.25, -0.2) is 0 Å². The van der Waals surface area contributed by atoms with Crippen LogP contribution >= 0.6 is 23.2 Å². The van der Waals surface area contributed by atoms with E-state index in [0.29, 0.717) is 27.1 Å². The van der Waals surface area contributed by atoms with Crippen LogP contribution in [0.2, 0.25) is 10.0 Å². The molecule has 0 saturated heterocycles. The summed E-state index contributed by atoms with van der Waals surface area (Å²) >= 11 is 12.1. The number of rotatable bonds is 1. The van der Waals surface area contributed by atoms with Crippen molar-refractivity contribution in [1.82, 2.24) is 14.8 Å². The summed E-state index contributed by atoms with van der Waals surface area (Å²) in [6, 6.07) is 6.67. The quantitative estimate of drug-likeness (QED) is 0.844. The van der Waals surface area contributed by atoms with Crippen LogP contribution in [0.1, 0.15) is 11.6 Å². The van der Waals surface area contributed by atoms with E-state index in [1.165, 1.54) is 11.0 Å². The number of nitrogens with two attached hydrogens (primary N) is 1. The van der Waals surface area contributed by atoms with Crippen molar-refractivity contribution >= 4 is 35.0 Å². The molecule has 1 atom stereocenters. The summed E-state index contributed by atoms with van der Waals surface area (Å²) in [6.45, 7) is 0. The van der Waals surface area contributed by atoms with Gasteiger partial charge in [0, 0.05) is 10.0 Å². The van der Waals surface area contributed by atoms with Gasteiger partial charge in [-0.05, 0) is 17.7 Å². The van der Waals surface area contributed by atoms with Crippen molar-refractivity contribution in [1.29, 1.82) is 5.26 Å². The van der Waals surface area contributed by atoms with Crippen LogP contribution in [0, 0.1) is 11.3 Å². The number of anilines is 1. The molecule has 0 saturated carbocycles. The molecule has 8 heteroatoms. The van der Waals surface area contributed by atoms with Crippen molar-refractivity contribution in [3.05, 3.63) is 45.7 Å². The number of nitrogens with zero attached hydrogens (tertiary/aromatic N) is 4. The first-order valence-electron chi connectivity index (χ1n) is 5.63. The van der Waals surface area contributed by atoms with Crippen LogP contribution in [-0.4, -0.2) is 14.8 Å². The number of aromatic nitrogens is 3. The Hall–Kier alpha value is -2.23. The Labute approximate surface area is 124 Å². The molecular weight excluding hydrogens is 299 g/mol. The first kappa shape index (κ1) is 12.8. The molecule has 3 N–H and O–H groups in total. The molecule has 6 nitrogen and oxygen atoms in total. The molecule has 2 aromatic rings. The van der Waals surface area contributed by atoms with Crippen LogP contribution < -0.4 is 11.1 Å². The van der Waals surface area contributed by atoms with Gasteiger partial charge < -0.3 is 11.1 Å². The Bertz CT molecular complexity index is 758. The highest BCUT2D eigenvalue weighted by molar-refractivity contribution is 6.35. The van der Waals surface area contributed by atoms with Gasteiger partial charge in [0.25, 0.3) is 0 Å². The number of hydrogen-bond donors (Lipinski definition) is 2. The fraction of sp³-hybridized carbons (Fsp3) is 0.0833. The molecule has 3 rings (SSSR count). The SMILES string of the molecule is N#CC1=C(N)n2ncnc2N[C@H]1c1ccc(Cl)cc1Cl. The normalized spacial score (nSPS) is 17.4. The molecule has 0 spiro atoms. The van der Waals surface area contributed by atoms with Gasteiger partial charge in [-0.3, -0.25) is 0 Å². The first-order valence-corrected chi connectivity index (χ1v) is 6.39. The van der Waals surface area contributed by atoms with Gasteiger partial charge in [-0.2, -0.15) is 20.0 Å². The Morgan fingerprint density at radius 3 is 2.90 bits per heavy atom. The van der Waals surface area contributed by atoms with Gasteiger partial charge in [0.2, 0.25) is 5.95 Å². The number of fused-ring (bicyclic) bond motifs is 1. The molecule has 0 unspecified atom stereocenters. The Kier molecular flexibility index (Phi) is 3.01. The second-order valence-electron chi connectivity index (χ2n) is 4.15. The highest BCUT2D eigenvalue weighted by Crippen LogP contribution is 2.36. The summed E-state index contributed by atoms with van der Waals surface area (Å²) in [4.78, 5) is 4.05. The molecule has 20 heavy (non-hydrogen) atoms. The van der Waals surface area contributed by atoms with Crippen LogP contribution in [0.5, 0.6) is 0 Å². The van der Waals surface area contributed by atoms with Crippen molar-refractivity contribution in [2.24, 2.45) is 5.73 Å². The van der Waals surface area contributed by atoms with E-state index in [4.69, 9.17) is 28.9 Å². The van der Waals surface area contributed by atoms with Gasteiger partial charge in [-0.15, -0.1) is 0 Å². The molecule has 0 amide bonds. The van der Waals surface area contributed by atoms with Crippen molar-refractivity contribution in [2.75, 3.05) is 5.32 Å². The van der Waals surface area contributed by atoms with Crippen molar-refractivity contribution in [2.45, 2.75) is 6.04 Å². The van der Waals surface area contributed by atoms with E-state index in [9.17, 15) is 5.26 Å². The van der Waals surface area contributed by atoms with Gasteiger partial charge in [0.1, 0.15) is 18.2 Å². The Morgan fingerprint density at radius 1 is 1.40 bits per heavy atom. The largest absolute Gasteiger partial charge is 0.383 e. The molecule has 2 heterocycles. The monoisotopic (exact) mass is 306 g/mol. The standard InChI is InChI=1S/C12H8Cl2N6/c13-6-1-2-7(9(14)3-6)10-8(4-15)11(16)20-12(19-10)17-5-18-20/h1-3,5,10H,16H2,(H,17,18,19)/t10-/m0/s1. The average Bonchev–Trinajstić information content (AvgIpc) is 2.87. The van der Waals surface area contributed by atoms with Gasteiger partial charge in [-0.1, -0.05) is 29.3 Å². The second-order valence-corrected chi connectivity index (χ2v) is 4.99. The minimum Gasteiger partial charge on any atom is -0.383 e. The zero-order chi connectivity index (χ0) is 14.3. The third-order valence-electron chi connectivity index (χ3n) is 3.01. The first-order chi connectivity index (χ1) is 9.61. The average molecular weight is 307 g/mol. The van der Waals surface area contributed by atoms with Crippen LogP contribution in [0.15, 0.2) is 30.1 Å². The van der Waals surface area contributed by atoms with Crippen LogP contribution in [-0.2, 0) is 0 Å². The molecule has 0 fully saturated rings. The number of hydrogen-bond acceptors (Lipinski definition) is 5. The number of benzene rings is 1. The topological polar surface area (TPSA) is 92.5 Å². The minimum atomic E-state index is -0.485. The summed E-state index contributed by atoms with van der Waals surface area (Å²) in [5, 5.41) is 17.4. The summed E-state index contributed by atoms with van der Waals surface area (Å²) in [7, 11) is 0. The van der Waals surface area contributed by atoms with E-state index >= 15 is 0 Å². The third kappa shape index (κ3) is 1.88. The lowest BCUT2D eigenvalue weighted by Crippen LogP contribution is -2.27. The highest BCUT2D eigenvalue weighted by atomic mass is 35.5. The predicted molar refractivity (Wildman–Crippen MR) is 75.9 cm³/mol. The molecule has 0 radical (unpaired) electrons. The zero-order valence-corrected chi connectivity index (χ0v) is 11.5. The van der Waals surface area contributed by atoms with Crippen LogP contribution in [0.3, 0.4) is 0 Å². The molecule has 0 bridgehead atoms. The van der Waals surface area contributed by atoms with E-state index in [2.05, 4.69) is 21.5 Å². The number of nitrogens with one attached hydrogen (secondary N) is 1. The number of halogens is 2. The van der Waals surface area contributed by atoms with Crippen molar-refractivity contribution in [3.63, 3.8) is 0 Å². The highest BCUT2D eigenvalue weighted by Gasteiger charge is 2.29. The fourth-order valence-corrected chi connectivity index (χ4v) is 2.59. The Balaban J connectivity index is 2.16. The molecule has 1 aliphatic rings. The maximum atomic E-state index is 9.34. The zero-order valence-electron chi connectivity index (χ0n) is 10.0. The molecule has 0 aliphatic carbocycles. The fourth-order valence-electron chi connectivity index (χ4n) is 2.07. The third-order valence-corrected chi connectivity index (χ3v) is 3.57. The second kappa shape index (κ2) is 4.71. The van der Waals surface area contributed by atoms with Crippen molar-refractivity contribution < 1.29 is 0 Å². The molecule has 1 aromatic heterocycles. The molecule has 1 aromatic carbocycles. The van der Waals surface area contributed by atoms with Gasteiger partial charge in [0.15, 0.2) is 0 Å². The summed E-state index contributed by atoms with van der Waals surface area (Å²) in [5.74, 6) is 0.687. The molecule has 100 valence electrons. The smallest absolute Gasteiger partial charge is 0.228 e. The maximum Gasteiger partial charge on any atom is 0.228 e.